The van der Waals surface area contributed by atoms with Crippen LogP contribution in [0.1, 0.15) is 97.0 Å². The third kappa shape index (κ3) is 6.61. The van der Waals surface area contributed by atoms with Gasteiger partial charge in [-0.1, -0.05) is 0 Å². The number of ether oxygens (including phenoxy) is 2. The molecule has 1 saturated heterocycles. The zero-order valence-electron chi connectivity index (χ0n) is 24.3. The molecule has 37 heavy (non-hydrogen) atoms. The molecule has 0 unspecified atom stereocenters. The van der Waals surface area contributed by atoms with Crippen LogP contribution in [0.3, 0.4) is 0 Å². The van der Waals surface area contributed by atoms with E-state index < -0.39 is 23.9 Å². The van der Waals surface area contributed by atoms with Crippen LogP contribution in [0.5, 0.6) is 0 Å². The number of esters is 1. The Morgan fingerprint density at radius 3 is 2.14 bits per heavy atom. The molecule has 1 aliphatic carbocycles. The lowest BCUT2D eigenvalue weighted by Gasteiger charge is -2.39. The van der Waals surface area contributed by atoms with E-state index in [1.165, 1.54) is 7.11 Å². The monoisotopic (exact) mass is 516 g/mol. The Balaban J connectivity index is 1.84. The average molecular weight is 516 g/mol. The number of amides is 1. The highest BCUT2D eigenvalue weighted by Crippen LogP contribution is 2.38. The van der Waals surface area contributed by atoms with Gasteiger partial charge in [-0.05, 0) is 111 Å². The molecule has 1 aliphatic heterocycles. The van der Waals surface area contributed by atoms with Crippen molar-refractivity contribution >= 4 is 30.3 Å². The van der Waals surface area contributed by atoms with Gasteiger partial charge in [-0.3, -0.25) is 0 Å². The van der Waals surface area contributed by atoms with Crippen molar-refractivity contribution < 1.29 is 28.4 Å². The minimum Gasteiger partial charge on any atom is -0.465 e. The molecule has 1 heterocycles. The molecule has 0 atom stereocenters. The van der Waals surface area contributed by atoms with Crippen LogP contribution in [0.4, 0.5) is 10.5 Å². The Hall–Kier alpha value is -2.26. The highest BCUT2D eigenvalue weighted by molar-refractivity contribution is 6.62. The smallest absolute Gasteiger partial charge is 0.465 e. The molecule has 206 valence electrons. The summed E-state index contributed by atoms with van der Waals surface area (Å²) in [6, 6.07) is 4.30. The van der Waals surface area contributed by atoms with Gasteiger partial charge >= 0.3 is 19.2 Å². The van der Waals surface area contributed by atoms with Gasteiger partial charge in [0.15, 0.2) is 0 Å². The van der Waals surface area contributed by atoms with Crippen LogP contribution in [0.25, 0.3) is 0 Å². The van der Waals surface area contributed by atoms with Gasteiger partial charge in [0.2, 0.25) is 0 Å². The normalized spacial score (nSPS) is 22.9. The van der Waals surface area contributed by atoms with Crippen LogP contribution in [0.15, 0.2) is 12.1 Å². The molecule has 2 aliphatic rings. The lowest BCUT2D eigenvalue weighted by Crippen LogP contribution is -2.46. The summed E-state index contributed by atoms with van der Waals surface area (Å²) in [5.74, 6) is -0.376. The molecule has 1 saturated carbocycles. The fraction of sp³-hybridized carbons (Fsp3) is 0.714. The van der Waals surface area contributed by atoms with Crippen LogP contribution >= 0.6 is 0 Å². The Kier molecular flexibility index (Phi) is 8.59. The van der Waals surface area contributed by atoms with Crippen molar-refractivity contribution in [3.63, 3.8) is 0 Å². The predicted molar refractivity (Wildman–Crippen MR) is 147 cm³/mol. The lowest BCUT2D eigenvalue weighted by atomic mass is 9.77. The summed E-state index contributed by atoms with van der Waals surface area (Å²) in [4.78, 5) is 27.4. The number of hydrogen-bond acceptors (Lipinski definition) is 7. The van der Waals surface area contributed by atoms with E-state index in [0.29, 0.717) is 5.56 Å². The number of methoxy groups -OCH3 is 1. The number of benzene rings is 1. The highest BCUT2D eigenvalue weighted by Gasteiger charge is 2.52. The van der Waals surface area contributed by atoms with E-state index in [1.807, 2.05) is 61.5 Å². The van der Waals surface area contributed by atoms with Crippen molar-refractivity contribution in [3.05, 3.63) is 23.3 Å². The number of alkyl carbamates (subject to hydrolysis) is 1. The number of anilines is 1. The van der Waals surface area contributed by atoms with Gasteiger partial charge in [0.1, 0.15) is 5.60 Å². The van der Waals surface area contributed by atoms with Crippen LogP contribution in [-0.4, -0.2) is 61.7 Å². The number of nitrogens with one attached hydrogen (secondary N) is 1. The number of nitrogens with zero attached hydrogens (tertiary/aromatic N) is 1. The van der Waals surface area contributed by atoms with Gasteiger partial charge < -0.3 is 29.0 Å². The van der Waals surface area contributed by atoms with Crippen LogP contribution in [0, 0.1) is 6.92 Å². The number of carbonyl (C=O) groups is 2. The molecule has 2 fully saturated rings. The minimum atomic E-state index is -0.583. The first kappa shape index (κ1) is 29.3. The number of hydrogen-bond donors (Lipinski definition) is 1. The van der Waals surface area contributed by atoms with E-state index in [1.54, 1.807) is 0 Å². The fourth-order valence-corrected chi connectivity index (χ4v) is 5.09. The quantitative estimate of drug-likeness (QED) is 0.432. The van der Waals surface area contributed by atoms with E-state index in [4.69, 9.17) is 18.8 Å². The third-order valence-electron chi connectivity index (χ3n) is 7.84. The Labute approximate surface area is 222 Å². The van der Waals surface area contributed by atoms with E-state index in [9.17, 15) is 9.59 Å². The average Bonchev–Trinajstić information content (AvgIpc) is 3.01. The third-order valence-corrected chi connectivity index (χ3v) is 7.84. The zero-order valence-corrected chi connectivity index (χ0v) is 24.3. The summed E-state index contributed by atoms with van der Waals surface area (Å²) in [5.41, 5.74) is 1.69. The van der Waals surface area contributed by atoms with Gasteiger partial charge in [-0.15, -0.1) is 0 Å². The molecular weight excluding hydrogens is 471 g/mol. The predicted octanol–water partition coefficient (Wildman–Crippen LogP) is 4.74. The second-order valence-corrected chi connectivity index (χ2v) is 12.2. The molecule has 1 amide bonds. The maximum absolute atomic E-state index is 12.8. The maximum atomic E-state index is 12.8. The maximum Gasteiger partial charge on any atom is 0.494 e. The summed E-state index contributed by atoms with van der Waals surface area (Å²) < 4.78 is 23.2. The van der Waals surface area contributed by atoms with Gasteiger partial charge in [-0.2, -0.15) is 0 Å². The zero-order chi connectivity index (χ0) is 27.8. The van der Waals surface area contributed by atoms with Crippen molar-refractivity contribution in [1.82, 2.24) is 5.32 Å². The molecule has 1 N–H and O–H groups in total. The molecule has 8 nitrogen and oxygen atoms in total. The molecule has 9 heteroatoms. The Morgan fingerprint density at radius 2 is 1.65 bits per heavy atom. The summed E-state index contributed by atoms with van der Waals surface area (Å²) >= 11 is 0. The van der Waals surface area contributed by atoms with Crippen molar-refractivity contribution in [3.8, 4) is 0 Å². The second-order valence-electron chi connectivity index (χ2n) is 12.2. The van der Waals surface area contributed by atoms with Crippen LogP contribution < -0.4 is 15.7 Å². The van der Waals surface area contributed by atoms with E-state index in [-0.39, 0.29) is 24.1 Å². The Bertz CT molecular complexity index is 979. The summed E-state index contributed by atoms with van der Waals surface area (Å²) in [6.45, 7) is 18.6. The molecule has 1 aromatic rings. The van der Waals surface area contributed by atoms with Gasteiger partial charge in [0.25, 0.3) is 0 Å². The summed E-state index contributed by atoms with van der Waals surface area (Å²) in [7, 11) is 0.819. The molecule has 0 aromatic heterocycles. The van der Waals surface area contributed by atoms with Crippen LogP contribution in [-0.2, 0) is 18.8 Å². The van der Waals surface area contributed by atoms with Crippen molar-refractivity contribution in [2.75, 3.05) is 18.6 Å². The highest BCUT2D eigenvalue weighted by atomic mass is 16.7. The van der Waals surface area contributed by atoms with Crippen LogP contribution in [0.2, 0.25) is 0 Å². The first-order valence-corrected chi connectivity index (χ1v) is 13.4. The standard InChI is InChI=1S/C28H45BN2O6/c1-11-31(21-14-12-20(13-15-21)30-25(33)35-26(3,4)5)23-17-19(16-22(18(23)2)24(32)34-10)29-36-27(6,7)28(8,9)37-29/h16-17,20-21H,11-15H2,1-10H3,(H,30,33). The van der Waals surface area contributed by atoms with E-state index in [0.717, 1.165) is 48.9 Å². The fourth-order valence-electron chi connectivity index (χ4n) is 5.09. The number of carbonyl (C=O) groups excluding carboxylic acids is 2. The van der Waals surface area contributed by atoms with E-state index in [2.05, 4.69) is 23.2 Å². The largest absolute Gasteiger partial charge is 0.494 e. The molecule has 0 spiro atoms. The van der Waals surface area contributed by atoms with Crippen molar-refractivity contribution in [1.29, 1.82) is 0 Å². The minimum absolute atomic E-state index is 0.0904. The topological polar surface area (TPSA) is 86.3 Å². The van der Waals surface area contributed by atoms with Gasteiger partial charge in [0.05, 0.1) is 23.9 Å². The van der Waals surface area contributed by atoms with Gasteiger partial charge in [-0.25, -0.2) is 9.59 Å². The molecular formula is C28H45BN2O6. The van der Waals surface area contributed by atoms with Crippen molar-refractivity contribution in [2.24, 2.45) is 0 Å². The molecule has 0 radical (unpaired) electrons. The first-order chi connectivity index (χ1) is 17.1. The molecule has 0 bridgehead atoms. The van der Waals surface area contributed by atoms with E-state index >= 15 is 0 Å². The first-order valence-electron chi connectivity index (χ1n) is 13.4. The van der Waals surface area contributed by atoms with Gasteiger partial charge in [0, 0.05) is 24.3 Å². The lowest BCUT2D eigenvalue weighted by molar-refractivity contribution is 0.00578. The summed E-state index contributed by atoms with van der Waals surface area (Å²) in [5, 5.41) is 3.02. The molecule has 1 aromatic carbocycles. The molecule has 3 rings (SSSR count). The SMILES string of the molecule is CCN(c1cc(B2OC(C)(C)C(C)(C)O2)cc(C(=O)OC)c1C)C1CCC(NC(=O)OC(C)(C)C)CC1. The van der Waals surface area contributed by atoms with Crippen molar-refractivity contribution in [2.45, 2.75) is 117 Å². The Morgan fingerprint density at radius 1 is 1.08 bits per heavy atom. The second kappa shape index (κ2) is 10.9. The number of rotatable bonds is 6. The summed E-state index contributed by atoms with van der Waals surface area (Å²) in [6.07, 6.45) is 3.20.